The summed E-state index contributed by atoms with van der Waals surface area (Å²) >= 11 is 2.52. The van der Waals surface area contributed by atoms with Crippen LogP contribution >= 0.6 is 23.1 Å². The van der Waals surface area contributed by atoms with Gasteiger partial charge in [0.15, 0.2) is 5.13 Å². The quantitative estimate of drug-likeness (QED) is 0.612. The molecule has 0 saturated heterocycles. The monoisotopic (exact) mass is 392 g/mol. The van der Waals surface area contributed by atoms with Crippen LogP contribution in [0.1, 0.15) is 5.69 Å². The van der Waals surface area contributed by atoms with Crippen molar-refractivity contribution in [3.63, 3.8) is 0 Å². The van der Waals surface area contributed by atoms with Gasteiger partial charge in [-0.25, -0.2) is 4.98 Å². The summed E-state index contributed by atoms with van der Waals surface area (Å²) in [6.45, 7) is 1.87. The maximum absolute atomic E-state index is 12.0. The lowest BCUT2D eigenvalue weighted by Gasteiger charge is -2.07. The molecule has 0 aliphatic heterocycles. The van der Waals surface area contributed by atoms with Crippen LogP contribution in [0.5, 0.6) is 11.5 Å². The second-order valence-electron chi connectivity index (χ2n) is 5.07. The Morgan fingerprint density at radius 3 is 2.85 bits per heavy atom. The third kappa shape index (κ3) is 4.33. The van der Waals surface area contributed by atoms with Crippen LogP contribution in [-0.2, 0) is 4.79 Å². The molecule has 136 valence electrons. The zero-order chi connectivity index (χ0) is 18.5. The molecular weight excluding hydrogens is 376 g/mol. The first-order chi connectivity index (χ1) is 12.6. The number of thioether (sulfide) groups is 1. The number of nitrogens with zero attached hydrogens (tertiary/aromatic N) is 3. The average Bonchev–Trinajstić information content (AvgIpc) is 3.28. The van der Waals surface area contributed by atoms with E-state index in [0.717, 1.165) is 17.5 Å². The van der Waals surface area contributed by atoms with Gasteiger partial charge in [0.1, 0.15) is 11.5 Å². The van der Waals surface area contributed by atoms with Crippen molar-refractivity contribution in [1.82, 2.24) is 15.2 Å². The van der Waals surface area contributed by atoms with Gasteiger partial charge in [-0.05, 0) is 25.1 Å². The van der Waals surface area contributed by atoms with Gasteiger partial charge < -0.3 is 19.2 Å². The molecule has 3 aromatic rings. The van der Waals surface area contributed by atoms with Crippen molar-refractivity contribution in [1.29, 1.82) is 0 Å². The summed E-state index contributed by atoms with van der Waals surface area (Å²) in [6.07, 6.45) is 0. The highest BCUT2D eigenvalue weighted by atomic mass is 32.2. The molecule has 0 radical (unpaired) electrons. The zero-order valence-corrected chi connectivity index (χ0v) is 15.9. The third-order valence-electron chi connectivity index (χ3n) is 3.24. The maximum Gasteiger partial charge on any atom is 0.277 e. The highest BCUT2D eigenvalue weighted by Gasteiger charge is 2.16. The first-order valence-electron chi connectivity index (χ1n) is 7.49. The highest BCUT2D eigenvalue weighted by molar-refractivity contribution is 7.99. The van der Waals surface area contributed by atoms with Crippen LogP contribution in [0, 0.1) is 6.92 Å². The van der Waals surface area contributed by atoms with E-state index in [2.05, 4.69) is 20.5 Å². The van der Waals surface area contributed by atoms with Crippen molar-refractivity contribution in [2.75, 3.05) is 25.3 Å². The van der Waals surface area contributed by atoms with Gasteiger partial charge in [-0.15, -0.1) is 21.5 Å². The number of aromatic nitrogens is 3. The number of ether oxygens (including phenoxy) is 2. The van der Waals surface area contributed by atoms with Gasteiger partial charge in [-0.2, -0.15) is 0 Å². The summed E-state index contributed by atoms with van der Waals surface area (Å²) in [4.78, 5) is 16.1. The van der Waals surface area contributed by atoms with E-state index in [4.69, 9.17) is 13.9 Å². The van der Waals surface area contributed by atoms with Gasteiger partial charge in [0, 0.05) is 5.38 Å². The lowest BCUT2D eigenvalue weighted by molar-refractivity contribution is -0.113. The summed E-state index contributed by atoms with van der Waals surface area (Å²) in [5, 5.41) is 13.4. The number of carbonyl (C=O) groups is 1. The second-order valence-corrected chi connectivity index (χ2v) is 6.85. The van der Waals surface area contributed by atoms with Crippen LogP contribution in [0.25, 0.3) is 11.5 Å². The molecule has 1 aromatic carbocycles. The Bertz CT molecular complexity index is 909. The number of methoxy groups -OCH3 is 2. The minimum atomic E-state index is -0.192. The average molecular weight is 392 g/mol. The molecular formula is C16H16N4O4S2. The molecule has 2 heterocycles. The molecule has 10 heteroatoms. The van der Waals surface area contributed by atoms with Gasteiger partial charge in [0.05, 0.1) is 31.2 Å². The molecule has 0 saturated carbocycles. The number of anilines is 1. The Morgan fingerprint density at radius 1 is 1.31 bits per heavy atom. The topological polar surface area (TPSA) is 99.4 Å². The summed E-state index contributed by atoms with van der Waals surface area (Å²) in [5.41, 5.74) is 1.49. The van der Waals surface area contributed by atoms with Crippen LogP contribution in [0.4, 0.5) is 5.13 Å². The molecule has 3 rings (SSSR count). The fraction of sp³-hybridized carbons (Fsp3) is 0.250. The Morgan fingerprint density at radius 2 is 2.15 bits per heavy atom. The number of hydrogen-bond acceptors (Lipinski definition) is 9. The number of carbonyl (C=O) groups excluding carboxylic acids is 1. The number of amides is 1. The molecule has 0 unspecified atom stereocenters. The molecule has 0 bridgehead atoms. The van der Waals surface area contributed by atoms with Crippen LogP contribution in [0.15, 0.2) is 33.2 Å². The Labute approximate surface area is 157 Å². The molecule has 0 aliphatic rings. The van der Waals surface area contributed by atoms with E-state index in [0.29, 0.717) is 28.1 Å². The number of aryl methyl sites for hydroxylation is 1. The van der Waals surface area contributed by atoms with E-state index >= 15 is 0 Å². The van der Waals surface area contributed by atoms with Gasteiger partial charge >= 0.3 is 0 Å². The molecule has 0 aliphatic carbocycles. The summed E-state index contributed by atoms with van der Waals surface area (Å²) in [6, 6.07) is 5.28. The van der Waals surface area contributed by atoms with E-state index in [9.17, 15) is 4.79 Å². The number of thiazole rings is 1. The van der Waals surface area contributed by atoms with Crippen LogP contribution in [-0.4, -0.2) is 41.1 Å². The van der Waals surface area contributed by atoms with Crippen molar-refractivity contribution in [2.45, 2.75) is 12.1 Å². The predicted octanol–water partition coefficient (Wildman–Crippen LogP) is 3.25. The lowest BCUT2D eigenvalue weighted by atomic mass is 10.2. The van der Waals surface area contributed by atoms with Gasteiger partial charge in [0.2, 0.25) is 5.91 Å². The van der Waals surface area contributed by atoms with Gasteiger partial charge in [-0.1, -0.05) is 11.8 Å². The molecule has 2 aromatic heterocycles. The zero-order valence-electron chi connectivity index (χ0n) is 14.3. The summed E-state index contributed by atoms with van der Waals surface area (Å²) in [7, 11) is 3.13. The van der Waals surface area contributed by atoms with Crippen molar-refractivity contribution in [2.24, 2.45) is 0 Å². The van der Waals surface area contributed by atoms with Gasteiger partial charge in [-0.3, -0.25) is 4.79 Å². The molecule has 0 atom stereocenters. The van der Waals surface area contributed by atoms with Crippen molar-refractivity contribution in [3.8, 4) is 23.0 Å². The Hall–Kier alpha value is -2.59. The predicted molar refractivity (Wildman–Crippen MR) is 99.0 cm³/mol. The van der Waals surface area contributed by atoms with E-state index < -0.39 is 0 Å². The van der Waals surface area contributed by atoms with Gasteiger partial charge in [0.25, 0.3) is 11.1 Å². The molecule has 0 fully saturated rings. The molecule has 1 N–H and O–H groups in total. The number of nitrogens with one attached hydrogen (secondary N) is 1. The largest absolute Gasteiger partial charge is 0.497 e. The summed E-state index contributed by atoms with van der Waals surface area (Å²) < 4.78 is 16.2. The van der Waals surface area contributed by atoms with Crippen LogP contribution in [0.2, 0.25) is 0 Å². The maximum atomic E-state index is 12.0. The SMILES string of the molecule is COc1ccc(OC)c(-c2nnc(SCC(=O)Nc3nc(C)cs3)o2)c1. The van der Waals surface area contributed by atoms with Crippen molar-refractivity contribution in [3.05, 3.63) is 29.3 Å². The van der Waals surface area contributed by atoms with E-state index in [1.807, 2.05) is 12.3 Å². The molecule has 26 heavy (non-hydrogen) atoms. The third-order valence-corrected chi connectivity index (χ3v) is 4.93. The Kier molecular flexibility index (Phi) is 5.74. The van der Waals surface area contributed by atoms with E-state index in [1.165, 1.54) is 11.3 Å². The van der Waals surface area contributed by atoms with E-state index in [-0.39, 0.29) is 16.9 Å². The smallest absolute Gasteiger partial charge is 0.277 e. The normalized spacial score (nSPS) is 10.6. The summed E-state index contributed by atoms with van der Waals surface area (Å²) in [5.74, 6) is 1.46. The van der Waals surface area contributed by atoms with E-state index in [1.54, 1.807) is 32.4 Å². The molecule has 0 spiro atoms. The first kappa shape index (κ1) is 18.2. The van der Waals surface area contributed by atoms with Crippen molar-refractivity contribution >= 4 is 34.1 Å². The van der Waals surface area contributed by atoms with Crippen LogP contribution < -0.4 is 14.8 Å². The minimum Gasteiger partial charge on any atom is -0.497 e. The first-order valence-corrected chi connectivity index (χ1v) is 9.36. The molecule has 1 amide bonds. The minimum absolute atomic E-state index is 0.134. The number of rotatable bonds is 7. The standard InChI is InChI=1S/C16H16N4O4S2/c1-9-7-25-15(17-9)18-13(21)8-26-16-20-19-14(24-16)11-6-10(22-2)4-5-12(11)23-3/h4-7H,8H2,1-3H3,(H,17,18,21). The number of benzene rings is 1. The molecule has 8 nitrogen and oxygen atoms in total. The fourth-order valence-electron chi connectivity index (χ4n) is 2.05. The second kappa shape index (κ2) is 8.19. The fourth-order valence-corrected chi connectivity index (χ4v) is 3.32. The Balaban J connectivity index is 1.65. The lowest BCUT2D eigenvalue weighted by Crippen LogP contribution is -2.13. The van der Waals surface area contributed by atoms with Crippen molar-refractivity contribution < 1.29 is 18.7 Å². The van der Waals surface area contributed by atoms with Crippen LogP contribution in [0.3, 0.4) is 0 Å². The highest BCUT2D eigenvalue weighted by Crippen LogP contribution is 2.33. The number of hydrogen-bond donors (Lipinski definition) is 1.